The molecule has 0 saturated heterocycles. The highest BCUT2D eigenvalue weighted by atomic mass is 16.5. The Hall–Kier alpha value is -1.26. The lowest BCUT2D eigenvalue weighted by molar-refractivity contribution is 0.395. The van der Waals surface area contributed by atoms with Crippen molar-refractivity contribution in [1.29, 1.82) is 0 Å². The van der Waals surface area contributed by atoms with Gasteiger partial charge in [0.15, 0.2) is 0 Å². The van der Waals surface area contributed by atoms with Gasteiger partial charge in [0.25, 0.3) is 0 Å². The molecule has 1 rings (SSSR count). The molecule has 0 spiro atoms. The van der Waals surface area contributed by atoms with Gasteiger partial charge in [-0.25, -0.2) is 0 Å². The van der Waals surface area contributed by atoms with Crippen LogP contribution in [0.4, 0.5) is 0 Å². The van der Waals surface area contributed by atoms with Crippen molar-refractivity contribution in [2.75, 3.05) is 20.8 Å². The minimum atomic E-state index is -0.133. The van der Waals surface area contributed by atoms with Crippen molar-refractivity contribution in [2.45, 2.75) is 32.4 Å². The van der Waals surface area contributed by atoms with Gasteiger partial charge in [-0.3, -0.25) is 0 Å². The van der Waals surface area contributed by atoms with Crippen LogP contribution < -0.4 is 20.5 Å². The van der Waals surface area contributed by atoms with Gasteiger partial charge in [-0.1, -0.05) is 0 Å². The molecule has 0 aromatic heterocycles. The van der Waals surface area contributed by atoms with E-state index in [9.17, 15) is 0 Å². The zero-order valence-electron chi connectivity index (χ0n) is 11.7. The van der Waals surface area contributed by atoms with E-state index >= 15 is 0 Å². The lowest BCUT2D eigenvalue weighted by Gasteiger charge is -2.18. The van der Waals surface area contributed by atoms with E-state index in [0.29, 0.717) is 0 Å². The summed E-state index contributed by atoms with van der Waals surface area (Å²) in [4.78, 5) is 0. The van der Waals surface area contributed by atoms with Crippen LogP contribution in [0.5, 0.6) is 11.5 Å². The highest BCUT2D eigenvalue weighted by Gasteiger charge is 2.10. The van der Waals surface area contributed by atoms with E-state index in [1.807, 2.05) is 32.0 Å². The van der Waals surface area contributed by atoms with Crippen LogP contribution in [0.1, 0.15) is 25.8 Å². The fourth-order valence-corrected chi connectivity index (χ4v) is 1.65. The third-order valence-electron chi connectivity index (χ3n) is 2.75. The molecule has 4 nitrogen and oxygen atoms in total. The maximum atomic E-state index is 5.93. The van der Waals surface area contributed by atoms with E-state index in [-0.39, 0.29) is 5.54 Å². The Labute approximate surface area is 109 Å². The molecule has 4 heteroatoms. The molecule has 102 valence electrons. The van der Waals surface area contributed by atoms with E-state index in [0.717, 1.165) is 36.6 Å². The first kappa shape index (κ1) is 14.8. The summed E-state index contributed by atoms with van der Waals surface area (Å²) < 4.78 is 10.5. The Morgan fingerprint density at radius 2 is 1.94 bits per heavy atom. The largest absolute Gasteiger partial charge is 0.497 e. The van der Waals surface area contributed by atoms with E-state index in [4.69, 9.17) is 15.2 Å². The molecule has 0 aliphatic rings. The molecule has 0 bridgehead atoms. The zero-order valence-corrected chi connectivity index (χ0v) is 11.7. The average Bonchev–Trinajstić information content (AvgIpc) is 2.33. The zero-order chi connectivity index (χ0) is 13.6. The number of nitrogens with one attached hydrogen (secondary N) is 1. The van der Waals surface area contributed by atoms with E-state index in [1.54, 1.807) is 14.2 Å². The maximum absolute atomic E-state index is 5.93. The fourth-order valence-electron chi connectivity index (χ4n) is 1.65. The molecule has 0 fully saturated rings. The summed E-state index contributed by atoms with van der Waals surface area (Å²) in [6.07, 6.45) is 0.930. The fraction of sp³-hybridized carbons (Fsp3) is 0.571. The second-order valence-corrected chi connectivity index (χ2v) is 5.09. The van der Waals surface area contributed by atoms with E-state index in [2.05, 4.69) is 5.32 Å². The molecule has 0 aliphatic carbocycles. The summed E-state index contributed by atoms with van der Waals surface area (Å²) in [5.74, 6) is 1.71. The standard InChI is InChI=1S/C14H24N2O2/c1-14(2,15)7-8-16-10-11-9-12(17-3)5-6-13(11)18-4/h5-6,9,16H,7-8,10,15H2,1-4H3. The second kappa shape index (κ2) is 6.61. The highest BCUT2D eigenvalue weighted by Crippen LogP contribution is 2.23. The Morgan fingerprint density at radius 1 is 1.22 bits per heavy atom. The summed E-state index contributed by atoms with van der Waals surface area (Å²) in [6.45, 7) is 5.68. The van der Waals surface area contributed by atoms with Crippen LogP contribution in [0.2, 0.25) is 0 Å². The summed E-state index contributed by atoms with van der Waals surface area (Å²) >= 11 is 0. The normalized spacial score (nSPS) is 11.4. The summed E-state index contributed by atoms with van der Waals surface area (Å²) in [5, 5.41) is 3.37. The molecule has 0 heterocycles. The van der Waals surface area contributed by atoms with Crippen molar-refractivity contribution in [3.63, 3.8) is 0 Å². The maximum Gasteiger partial charge on any atom is 0.123 e. The van der Waals surface area contributed by atoms with Crippen LogP contribution in [0.3, 0.4) is 0 Å². The van der Waals surface area contributed by atoms with Crippen molar-refractivity contribution in [1.82, 2.24) is 5.32 Å². The Balaban J connectivity index is 2.54. The third-order valence-corrected chi connectivity index (χ3v) is 2.75. The SMILES string of the molecule is COc1ccc(OC)c(CNCCC(C)(C)N)c1. The predicted octanol–water partition coefficient (Wildman–Crippen LogP) is 1.92. The summed E-state index contributed by atoms with van der Waals surface area (Å²) in [5.41, 5.74) is 6.89. The van der Waals surface area contributed by atoms with Crippen molar-refractivity contribution in [3.05, 3.63) is 23.8 Å². The van der Waals surface area contributed by atoms with Crippen molar-refractivity contribution in [3.8, 4) is 11.5 Å². The molecule has 0 unspecified atom stereocenters. The van der Waals surface area contributed by atoms with Gasteiger partial charge in [0, 0.05) is 17.6 Å². The van der Waals surface area contributed by atoms with Gasteiger partial charge in [-0.05, 0) is 45.0 Å². The molecule has 1 aromatic carbocycles. The second-order valence-electron chi connectivity index (χ2n) is 5.09. The first-order chi connectivity index (χ1) is 8.46. The number of nitrogens with two attached hydrogens (primary N) is 1. The van der Waals surface area contributed by atoms with Crippen LogP contribution >= 0.6 is 0 Å². The molecule has 0 atom stereocenters. The third kappa shape index (κ3) is 4.94. The number of hydrogen-bond acceptors (Lipinski definition) is 4. The number of hydrogen-bond donors (Lipinski definition) is 2. The Bertz CT molecular complexity index is 373. The first-order valence-corrected chi connectivity index (χ1v) is 6.17. The topological polar surface area (TPSA) is 56.5 Å². The molecule has 18 heavy (non-hydrogen) atoms. The lowest BCUT2D eigenvalue weighted by Crippen LogP contribution is -2.35. The Morgan fingerprint density at radius 3 is 2.50 bits per heavy atom. The van der Waals surface area contributed by atoms with Gasteiger partial charge in [0.05, 0.1) is 14.2 Å². The van der Waals surface area contributed by atoms with Gasteiger partial charge >= 0.3 is 0 Å². The monoisotopic (exact) mass is 252 g/mol. The molecule has 3 N–H and O–H groups in total. The molecular formula is C14H24N2O2. The summed E-state index contributed by atoms with van der Waals surface area (Å²) in [6, 6.07) is 5.80. The van der Waals surface area contributed by atoms with Gasteiger partial charge in [-0.15, -0.1) is 0 Å². The van der Waals surface area contributed by atoms with Crippen LogP contribution in [0.15, 0.2) is 18.2 Å². The van der Waals surface area contributed by atoms with Gasteiger partial charge < -0.3 is 20.5 Å². The minimum absolute atomic E-state index is 0.133. The molecular weight excluding hydrogens is 228 g/mol. The lowest BCUT2D eigenvalue weighted by atomic mass is 10.0. The van der Waals surface area contributed by atoms with Crippen LogP contribution in [0.25, 0.3) is 0 Å². The quantitative estimate of drug-likeness (QED) is 0.728. The van der Waals surface area contributed by atoms with Crippen LogP contribution in [-0.2, 0) is 6.54 Å². The molecule has 0 aliphatic heterocycles. The van der Waals surface area contributed by atoms with Crippen LogP contribution in [0, 0.1) is 0 Å². The van der Waals surface area contributed by atoms with E-state index in [1.165, 1.54) is 0 Å². The van der Waals surface area contributed by atoms with Gasteiger partial charge in [0.1, 0.15) is 11.5 Å². The molecule has 0 amide bonds. The predicted molar refractivity (Wildman–Crippen MR) is 74.1 cm³/mol. The van der Waals surface area contributed by atoms with Crippen molar-refractivity contribution in [2.24, 2.45) is 5.73 Å². The number of methoxy groups -OCH3 is 2. The van der Waals surface area contributed by atoms with Crippen molar-refractivity contribution >= 4 is 0 Å². The smallest absolute Gasteiger partial charge is 0.123 e. The molecule has 1 aromatic rings. The number of ether oxygens (including phenoxy) is 2. The Kier molecular flexibility index (Phi) is 5.44. The van der Waals surface area contributed by atoms with Crippen LogP contribution in [-0.4, -0.2) is 26.3 Å². The van der Waals surface area contributed by atoms with Crippen molar-refractivity contribution < 1.29 is 9.47 Å². The van der Waals surface area contributed by atoms with Gasteiger partial charge in [0.2, 0.25) is 0 Å². The molecule has 0 radical (unpaired) electrons. The average molecular weight is 252 g/mol. The highest BCUT2D eigenvalue weighted by molar-refractivity contribution is 5.40. The minimum Gasteiger partial charge on any atom is -0.497 e. The summed E-state index contributed by atoms with van der Waals surface area (Å²) in [7, 11) is 3.34. The number of benzene rings is 1. The first-order valence-electron chi connectivity index (χ1n) is 6.17. The number of rotatable bonds is 7. The van der Waals surface area contributed by atoms with E-state index < -0.39 is 0 Å². The van der Waals surface area contributed by atoms with Gasteiger partial charge in [-0.2, -0.15) is 0 Å². The molecule has 0 saturated carbocycles.